The highest BCUT2D eigenvalue weighted by molar-refractivity contribution is 7.78. The van der Waals surface area contributed by atoms with Gasteiger partial charge in [-0.15, -0.1) is 0 Å². The minimum Gasteiger partial charge on any atom is -0.405 e. The lowest BCUT2D eigenvalue weighted by Crippen LogP contribution is -2.24. The topological polar surface area (TPSA) is 123 Å². The van der Waals surface area contributed by atoms with Crippen LogP contribution in [0.1, 0.15) is 58.1 Å². The minimum atomic E-state index is -0.276. The number of carbonyl (C=O) groups excluding carboxylic acids is 2. The number of amidine groups is 1. The van der Waals surface area contributed by atoms with Crippen molar-refractivity contribution in [2.24, 2.45) is 16.5 Å². The number of thiol groups is 1. The molecule has 1 rings (SSSR count). The number of amides is 2. The first-order valence-corrected chi connectivity index (χ1v) is 9.71. The van der Waals surface area contributed by atoms with Crippen molar-refractivity contribution in [3.63, 3.8) is 0 Å². The summed E-state index contributed by atoms with van der Waals surface area (Å²) in [4.78, 5) is 26.3. The molecule has 158 valence electrons. The lowest BCUT2D eigenvalue weighted by molar-refractivity contribution is -0.125. The summed E-state index contributed by atoms with van der Waals surface area (Å²) >= 11 is 3.61. The Kier molecular flexibility index (Phi) is 17.7. The van der Waals surface area contributed by atoms with Crippen LogP contribution in [0.3, 0.4) is 0 Å². The maximum atomic E-state index is 11.5. The van der Waals surface area contributed by atoms with Crippen molar-refractivity contribution in [1.82, 2.24) is 10.0 Å². The van der Waals surface area contributed by atoms with Crippen molar-refractivity contribution < 1.29 is 9.59 Å². The third-order valence-electron chi connectivity index (χ3n) is 3.53. The number of nitrogens with two attached hydrogens (primary N) is 2. The van der Waals surface area contributed by atoms with Gasteiger partial charge in [-0.1, -0.05) is 63.4 Å². The second kappa shape index (κ2) is 17.9. The molecule has 0 aromatic heterocycles. The van der Waals surface area contributed by atoms with Crippen molar-refractivity contribution in [2.45, 2.75) is 53.5 Å². The Morgan fingerprint density at radius 1 is 1.14 bits per heavy atom. The number of allylic oxidation sites excluding steroid dienone is 1. The molecule has 0 radical (unpaired) electrons. The van der Waals surface area contributed by atoms with E-state index in [1.165, 1.54) is 5.57 Å². The van der Waals surface area contributed by atoms with E-state index >= 15 is 0 Å². The number of carbonyl (C=O) groups is 2. The second-order valence-corrected chi connectivity index (χ2v) is 5.71. The molecule has 0 aliphatic heterocycles. The van der Waals surface area contributed by atoms with Crippen molar-refractivity contribution in [3.05, 3.63) is 47.2 Å². The van der Waals surface area contributed by atoms with Gasteiger partial charge in [0.05, 0.1) is 0 Å². The predicted octanol–water partition coefficient (Wildman–Crippen LogP) is 2.66. The normalized spacial score (nSPS) is 10.6. The quantitative estimate of drug-likeness (QED) is 0.270. The van der Waals surface area contributed by atoms with Crippen LogP contribution in [0.2, 0.25) is 0 Å². The summed E-state index contributed by atoms with van der Waals surface area (Å²) in [6.07, 6.45) is 2.97. The SMILES string of the molecule is CC.CC/C(C)=C/N.CN=C(N)c1ccc(CNC(=O)CCC(=O)NS)cc1. The van der Waals surface area contributed by atoms with Crippen molar-refractivity contribution >= 4 is 30.5 Å². The van der Waals surface area contributed by atoms with E-state index in [-0.39, 0.29) is 24.7 Å². The molecule has 1 aromatic rings. The smallest absolute Gasteiger partial charge is 0.230 e. The average molecular weight is 410 g/mol. The van der Waals surface area contributed by atoms with Gasteiger partial charge in [0.2, 0.25) is 11.8 Å². The zero-order valence-electron chi connectivity index (χ0n) is 17.6. The maximum absolute atomic E-state index is 11.5. The van der Waals surface area contributed by atoms with Gasteiger partial charge in [-0.25, -0.2) is 0 Å². The Morgan fingerprint density at radius 2 is 1.68 bits per heavy atom. The summed E-state index contributed by atoms with van der Waals surface area (Å²) in [6, 6.07) is 7.43. The first kappa shape index (κ1) is 27.7. The molecule has 0 aliphatic rings. The number of hydrogen-bond donors (Lipinski definition) is 5. The minimum absolute atomic E-state index is 0.123. The fraction of sp³-hybridized carbons (Fsp3) is 0.450. The van der Waals surface area contributed by atoms with Crippen LogP contribution in [0.4, 0.5) is 0 Å². The van der Waals surface area contributed by atoms with E-state index < -0.39 is 0 Å². The molecule has 1 aromatic carbocycles. The number of aliphatic imine (C=N–C) groups is 1. The fourth-order valence-corrected chi connectivity index (χ4v) is 1.72. The van der Waals surface area contributed by atoms with Crippen LogP contribution in [0.25, 0.3) is 0 Å². The van der Waals surface area contributed by atoms with Crippen LogP contribution in [-0.2, 0) is 16.1 Å². The van der Waals surface area contributed by atoms with Crippen molar-refractivity contribution in [1.29, 1.82) is 0 Å². The average Bonchev–Trinajstić information content (AvgIpc) is 2.76. The molecule has 0 spiro atoms. The van der Waals surface area contributed by atoms with Gasteiger partial charge in [0.25, 0.3) is 0 Å². The molecule has 0 bridgehead atoms. The molecular weight excluding hydrogens is 374 g/mol. The monoisotopic (exact) mass is 409 g/mol. The van der Waals surface area contributed by atoms with Crippen LogP contribution in [0.15, 0.2) is 41.0 Å². The van der Waals surface area contributed by atoms with Crippen LogP contribution >= 0.6 is 12.8 Å². The van der Waals surface area contributed by atoms with E-state index in [0.29, 0.717) is 12.4 Å². The van der Waals surface area contributed by atoms with E-state index in [4.69, 9.17) is 11.5 Å². The number of nitrogens with one attached hydrogen (secondary N) is 2. The molecule has 0 saturated carbocycles. The van der Waals surface area contributed by atoms with Crippen molar-refractivity contribution in [3.8, 4) is 0 Å². The summed E-state index contributed by atoms with van der Waals surface area (Å²) in [5.41, 5.74) is 13.8. The zero-order chi connectivity index (χ0) is 21.9. The Bertz CT molecular complexity index is 628. The number of nitrogens with zero attached hydrogens (tertiary/aromatic N) is 1. The molecule has 7 nitrogen and oxygen atoms in total. The van der Waals surface area contributed by atoms with Gasteiger partial charge in [-0.2, -0.15) is 0 Å². The largest absolute Gasteiger partial charge is 0.405 e. The molecular formula is C20H35N5O2S. The number of hydrogen-bond acceptors (Lipinski definition) is 5. The summed E-state index contributed by atoms with van der Waals surface area (Å²) in [6.45, 7) is 8.50. The third kappa shape index (κ3) is 13.7. The van der Waals surface area contributed by atoms with E-state index in [2.05, 4.69) is 34.8 Å². The van der Waals surface area contributed by atoms with Crippen LogP contribution in [0, 0.1) is 0 Å². The van der Waals surface area contributed by atoms with Crippen LogP contribution in [0.5, 0.6) is 0 Å². The lowest BCUT2D eigenvalue weighted by atomic mass is 10.1. The highest BCUT2D eigenvalue weighted by Crippen LogP contribution is 2.04. The standard InChI is InChI=1S/C13H18N4O2S.C5H11N.C2H6/c1-15-13(14)10-4-2-9(3-5-10)8-16-11(18)6-7-12(19)17-20;1-3-5(2)4-6;1-2/h2-5,20H,6-8H2,1H3,(H2,14,15)(H,16,18)(H,17,19);4H,3,6H2,1-2H3;1-2H3/b;5-4+;. The summed E-state index contributed by atoms with van der Waals surface area (Å²) < 4.78 is 2.17. The highest BCUT2D eigenvalue weighted by atomic mass is 32.1. The molecule has 28 heavy (non-hydrogen) atoms. The maximum Gasteiger partial charge on any atom is 0.230 e. The predicted molar refractivity (Wildman–Crippen MR) is 121 cm³/mol. The molecule has 0 heterocycles. The highest BCUT2D eigenvalue weighted by Gasteiger charge is 2.05. The molecule has 0 atom stereocenters. The summed E-state index contributed by atoms with van der Waals surface area (Å²) in [7, 11) is 1.63. The van der Waals surface area contributed by atoms with Gasteiger partial charge >= 0.3 is 0 Å². The van der Waals surface area contributed by atoms with E-state index in [0.717, 1.165) is 17.5 Å². The Hall–Kier alpha value is -2.48. The molecule has 0 aliphatic carbocycles. The molecule has 0 unspecified atom stereocenters. The molecule has 2 amide bonds. The zero-order valence-corrected chi connectivity index (χ0v) is 18.5. The second-order valence-electron chi connectivity index (χ2n) is 5.48. The Balaban J connectivity index is 0. The molecule has 8 heteroatoms. The van der Waals surface area contributed by atoms with Gasteiger partial charge in [0, 0.05) is 32.0 Å². The summed E-state index contributed by atoms with van der Waals surface area (Å²) in [5, 5.41) is 2.74. The number of benzene rings is 1. The first-order chi connectivity index (χ1) is 13.4. The molecule has 0 saturated heterocycles. The summed E-state index contributed by atoms with van der Waals surface area (Å²) in [5.74, 6) is 0.0150. The Labute approximate surface area is 174 Å². The Morgan fingerprint density at radius 3 is 2.07 bits per heavy atom. The van der Waals surface area contributed by atoms with Gasteiger partial charge in [0.1, 0.15) is 5.84 Å². The fourth-order valence-electron chi connectivity index (χ4n) is 1.61. The van der Waals surface area contributed by atoms with Gasteiger partial charge in [-0.05, 0) is 25.1 Å². The number of rotatable bonds is 7. The van der Waals surface area contributed by atoms with Gasteiger partial charge in [-0.3, -0.25) is 14.6 Å². The molecule has 0 fully saturated rings. The van der Waals surface area contributed by atoms with Crippen LogP contribution in [-0.4, -0.2) is 24.7 Å². The van der Waals surface area contributed by atoms with Crippen molar-refractivity contribution in [2.75, 3.05) is 7.05 Å². The van der Waals surface area contributed by atoms with E-state index in [1.807, 2.05) is 45.0 Å². The van der Waals surface area contributed by atoms with Gasteiger partial charge in [0.15, 0.2) is 0 Å². The van der Waals surface area contributed by atoms with E-state index in [9.17, 15) is 9.59 Å². The lowest BCUT2D eigenvalue weighted by Gasteiger charge is -2.06. The van der Waals surface area contributed by atoms with Gasteiger partial charge < -0.3 is 21.5 Å². The van der Waals surface area contributed by atoms with Crippen LogP contribution < -0.4 is 21.5 Å². The first-order valence-electron chi connectivity index (χ1n) is 9.26. The van der Waals surface area contributed by atoms with E-state index in [1.54, 1.807) is 13.2 Å². The third-order valence-corrected chi connectivity index (χ3v) is 3.78. The molecule has 6 N–H and O–H groups in total.